The van der Waals surface area contributed by atoms with Crippen molar-refractivity contribution in [3.05, 3.63) is 24.3 Å². The van der Waals surface area contributed by atoms with Crippen LogP contribution in [0.4, 0.5) is 0 Å². The van der Waals surface area contributed by atoms with Crippen LogP contribution in [-0.4, -0.2) is 22.0 Å². The molecule has 0 aromatic heterocycles. The summed E-state index contributed by atoms with van der Waals surface area (Å²) in [4.78, 5) is 2.38. The Morgan fingerprint density at radius 2 is 2.00 bits per heavy atom. The minimum Gasteiger partial charge on any atom is -0.382 e. The van der Waals surface area contributed by atoms with E-state index in [1.807, 2.05) is 18.2 Å². The van der Waals surface area contributed by atoms with E-state index in [1.54, 1.807) is 18.7 Å². The molecular formula is C10H14OS3. The number of aliphatic hydroxyl groups is 1. The van der Waals surface area contributed by atoms with Gasteiger partial charge in [-0.2, -0.15) is 12.6 Å². The summed E-state index contributed by atoms with van der Waals surface area (Å²) in [5.74, 6) is 1.87. The number of benzene rings is 1. The molecule has 1 rings (SSSR count). The van der Waals surface area contributed by atoms with E-state index in [4.69, 9.17) is 0 Å². The lowest BCUT2D eigenvalue weighted by atomic mass is 10.4. The third-order valence-electron chi connectivity index (χ3n) is 1.50. The zero-order valence-corrected chi connectivity index (χ0v) is 10.5. The van der Waals surface area contributed by atoms with Crippen molar-refractivity contribution in [2.24, 2.45) is 0 Å². The molecule has 0 spiro atoms. The van der Waals surface area contributed by atoms with Gasteiger partial charge in [0, 0.05) is 15.5 Å². The predicted octanol–water partition coefficient (Wildman–Crippen LogP) is 3.14. The highest BCUT2D eigenvalue weighted by molar-refractivity contribution is 8.02. The first-order valence-corrected chi connectivity index (χ1v) is 6.91. The summed E-state index contributed by atoms with van der Waals surface area (Å²) in [5.41, 5.74) is -0.354. The quantitative estimate of drug-likeness (QED) is 0.473. The van der Waals surface area contributed by atoms with Crippen molar-refractivity contribution in [2.45, 2.75) is 22.2 Å². The highest BCUT2D eigenvalue weighted by atomic mass is 32.2. The van der Waals surface area contributed by atoms with Crippen LogP contribution >= 0.6 is 36.2 Å². The molecular weight excluding hydrogens is 232 g/mol. The highest BCUT2D eigenvalue weighted by Crippen LogP contribution is 2.32. The average Bonchev–Trinajstić information content (AvgIpc) is 2.16. The van der Waals surface area contributed by atoms with Crippen LogP contribution in [0.1, 0.15) is 6.92 Å². The molecule has 1 N–H and O–H groups in total. The van der Waals surface area contributed by atoms with Crippen molar-refractivity contribution in [3.8, 4) is 0 Å². The Balaban J connectivity index is 2.69. The lowest BCUT2D eigenvalue weighted by Crippen LogP contribution is -1.92. The molecule has 0 aliphatic rings. The van der Waals surface area contributed by atoms with E-state index in [2.05, 4.69) is 18.7 Å². The lowest BCUT2D eigenvalue weighted by Gasteiger charge is -2.09. The van der Waals surface area contributed by atoms with Gasteiger partial charge in [-0.25, -0.2) is 0 Å². The van der Waals surface area contributed by atoms with Crippen LogP contribution in [0.2, 0.25) is 0 Å². The Morgan fingerprint density at radius 3 is 2.57 bits per heavy atom. The Morgan fingerprint density at radius 1 is 1.36 bits per heavy atom. The van der Waals surface area contributed by atoms with Gasteiger partial charge < -0.3 is 5.11 Å². The molecule has 0 aliphatic heterocycles. The van der Waals surface area contributed by atoms with Crippen LogP contribution in [0, 0.1) is 0 Å². The lowest BCUT2D eigenvalue weighted by molar-refractivity contribution is 0.284. The van der Waals surface area contributed by atoms with Crippen LogP contribution in [0.3, 0.4) is 0 Å². The standard InChI is InChI=1S/C10H14OS3/c1-8(11)14-10-5-3-2-4-9(10)13-7-6-12/h2-5,8,11-12H,6-7H2,1H3. The molecule has 4 heteroatoms. The minimum absolute atomic E-state index is 0.354. The Hall–Kier alpha value is 0.230. The number of hydrogen-bond acceptors (Lipinski definition) is 4. The maximum atomic E-state index is 9.29. The second kappa shape index (κ2) is 6.67. The second-order valence-corrected chi connectivity index (χ2v) is 5.68. The van der Waals surface area contributed by atoms with Crippen LogP contribution in [0.15, 0.2) is 34.1 Å². The average molecular weight is 246 g/mol. The topological polar surface area (TPSA) is 20.2 Å². The van der Waals surface area contributed by atoms with Crippen molar-refractivity contribution in [1.82, 2.24) is 0 Å². The fourth-order valence-electron chi connectivity index (χ4n) is 1.01. The molecule has 0 heterocycles. The molecule has 0 bridgehead atoms. The summed E-state index contributed by atoms with van der Waals surface area (Å²) < 4.78 is 0. The van der Waals surface area contributed by atoms with Gasteiger partial charge in [0.25, 0.3) is 0 Å². The van der Waals surface area contributed by atoms with E-state index < -0.39 is 0 Å². The Bertz CT molecular complexity index is 276. The van der Waals surface area contributed by atoms with Crippen molar-refractivity contribution in [2.75, 3.05) is 11.5 Å². The highest BCUT2D eigenvalue weighted by Gasteiger charge is 2.05. The van der Waals surface area contributed by atoms with Crippen LogP contribution in [0.25, 0.3) is 0 Å². The number of hydrogen-bond donors (Lipinski definition) is 2. The molecule has 1 unspecified atom stereocenters. The van der Waals surface area contributed by atoms with Crippen LogP contribution < -0.4 is 0 Å². The van der Waals surface area contributed by atoms with E-state index in [9.17, 15) is 5.11 Å². The molecule has 0 fully saturated rings. The van der Waals surface area contributed by atoms with Gasteiger partial charge >= 0.3 is 0 Å². The summed E-state index contributed by atoms with van der Waals surface area (Å²) in [7, 11) is 0. The molecule has 1 nitrogen and oxygen atoms in total. The number of thiol groups is 1. The van der Waals surface area contributed by atoms with Gasteiger partial charge in [0.1, 0.15) is 5.44 Å². The molecule has 1 aromatic carbocycles. The monoisotopic (exact) mass is 246 g/mol. The summed E-state index contributed by atoms with van der Waals surface area (Å²) in [6.07, 6.45) is 0. The molecule has 14 heavy (non-hydrogen) atoms. The first-order valence-electron chi connectivity index (χ1n) is 4.41. The fraction of sp³-hybridized carbons (Fsp3) is 0.400. The van der Waals surface area contributed by atoms with Crippen LogP contribution in [-0.2, 0) is 0 Å². The summed E-state index contributed by atoms with van der Waals surface area (Å²) in [6.45, 7) is 1.78. The predicted molar refractivity (Wildman–Crippen MR) is 68.6 cm³/mol. The van der Waals surface area contributed by atoms with Gasteiger partial charge in [0.15, 0.2) is 0 Å². The van der Waals surface area contributed by atoms with E-state index in [1.165, 1.54) is 16.7 Å². The maximum absolute atomic E-state index is 9.29. The molecule has 78 valence electrons. The fourth-order valence-corrected chi connectivity index (χ4v) is 3.01. The smallest absolute Gasteiger partial charge is 0.101 e. The van der Waals surface area contributed by atoms with E-state index >= 15 is 0 Å². The molecule has 0 saturated heterocycles. The van der Waals surface area contributed by atoms with Crippen LogP contribution in [0.5, 0.6) is 0 Å². The largest absolute Gasteiger partial charge is 0.382 e. The first-order chi connectivity index (χ1) is 6.74. The van der Waals surface area contributed by atoms with Crippen molar-refractivity contribution in [1.29, 1.82) is 0 Å². The van der Waals surface area contributed by atoms with Gasteiger partial charge in [0.05, 0.1) is 0 Å². The summed E-state index contributed by atoms with van der Waals surface area (Å²) >= 11 is 7.44. The van der Waals surface area contributed by atoms with E-state index in [0.717, 1.165) is 16.4 Å². The van der Waals surface area contributed by atoms with Gasteiger partial charge in [-0.1, -0.05) is 23.9 Å². The normalized spacial score (nSPS) is 12.8. The van der Waals surface area contributed by atoms with Crippen molar-refractivity contribution < 1.29 is 5.11 Å². The van der Waals surface area contributed by atoms with E-state index in [0.29, 0.717) is 0 Å². The second-order valence-electron chi connectivity index (χ2n) is 2.74. The molecule has 1 aromatic rings. The number of aliphatic hydroxyl groups excluding tert-OH is 1. The maximum Gasteiger partial charge on any atom is 0.101 e. The van der Waals surface area contributed by atoms with Crippen molar-refractivity contribution in [3.63, 3.8) is 0 Å². The van der Waals surface area contributed by atoms with Gasteiger partial charge in [-0.05, 0) is 24.8 Å². The Kier molecular flexibility index (Phi) is 5.86. The van der Waals surface area contributed by atoms with Gasteiger partial charge in [-0.3, -0.25) is 0 Å². The van der Waals surface area contributed by atoms with Crippen molar-refractivity contribution >= 4 is 36.2 Å². The van der Waals surface area contributed by atoms with E-state index in [-0.39, 0.29) is 5.44 Å². The summed E-state index contributed by atoms with van der Waals surface area (Å²) in [5, 5.41) is 9.29. The third-order valence-corrected chi connectivity index (χ3v) is 4.18. The zero-order valence-electron chi connectivity index (χ0n) is 8.01. The molecule has 0 amide bonds. The number of thioether (sulfide) groups is 2. The van der Waals surface area contributed by atoms with Gasteiger partial charge in [-0.15, -0.1) is 11.8 Å². The molecule has 1 atom stereocenters. The zero-order chi connectivity index (χ0) is 10.4. The molecule has 0 aliphatic carbocycles. The number of rotatable bonds is 5. The minimum atomic E-state index is -0.354. The SMILES string of the molecule is CC(O)Sc1ccccc1SCCS. The summed E-state index contributed by atoms with van der Waals surface area (Å²) in [6, 6.07) is 8.14. The third kappa shape index (κ3) is 4.17. The molecule has 0 saturated carbocycles. The Labute approximate surface area is 99.1 Å². The van der Waals surface area contributed by atoms with Gasteiger partial charge in [0.2, 0.25) is 0 Å². The first kappa shape index (κ1) is 12.3. The molecule has 0 radical (unpaired) electrons.